The lowest BCUT2D eigenvalue weighted by Crippen LogP contribution is -2.38. The Kier molecular flexibility index (Phi) is 5.54. The molecule has 1 saturated heterocycles. The molecule has 0 saturated carbocycles. The van der Waals surface area contributed by atoms with E-state index in [1.54, 1.807) is 0 Å². The molecule has 0 N–H and O–H groups in total. The Hall–Kier alpha value is -1.65. The van der Waals surface area contributed by atoms with E-state index in [9.17, 15) is 4.79 Å². The van der Waals surface area contributed by atoms with Gasteiger partial charge in [0.05, 0.1) is 12.2 Å². The lowest BCUT2D eigenvalue weighted by molar-refractivity contribution is -0.133. The van der Waals surface area contributed by atoms with E-state index < -0.39 is 0 Å². The number of aromatic nitrogens is 2. The van der Waals surface area contributed by atoms with Crippen molar-refractivity contribution in [2.24, 2.45) is 11.3 Å². The summed E-state index contributed by atoms with van der Waals surface area (Å²) in [6.07, 6.45) is 5.01. The minimum atomic E-state index is 0.266. The summed E-state index contributed by atoms with van der Waals surface area (Å²) in [7, 11) is 0. The average Bonchev–Trinajstić information content (AvgIpc) is 3.05. The summed E-state index contributed by atoms with van der Waals surface area (Å²) < 4.78 is 0. The Labute approximate surface area is 158 Å². The molecule has 3 rings (SSSR count). The van der Waals surface area contributed by atoms with Crippen molar-refractivity contribution in [3.63, 3.8) is 0 Å². The van der Waals surface area contributed by atoms with Crippen LogP contribution in [0.2, 0.25) is 0 Å². The predicted molar refractivity (Wildman–Crippen MR) is 105 cm³/mol. The number of hydrogen-bond acceptors (Lipinski definition) is 4. The van der Waals surface area contributed by atoms with Gasteiger partial charge in [-0.25, -0.2) is 9.97 Å². The van der Waals surface area contributed by atoms with Crippen LogP contribution in [0.15, 0.2) is 0 Å². The summed E-state index contributed by atoms with van der Waals surface area (Å²) in [6.45, 7) is 14.5. The fourth-order valence-corrected chi connectivity index (χ4v) is 4.47. The van der Waals surface area contributed by atoms with E-state index in [4.69, 9.17) is 4.98 Å². The summed E-state index contributed by atoms with van der Waals surface area (Å²) in [5.41, 5.74) is 2.59. The maximum atomic E-state index is 12.9. The number of anilines is 1. The van der Waals surface area contributed by atoms with Crippen molar-refractivity contribution in [3.8, 4) is 0 Å². The zero-order valence-corrected chi connectivity index (χ0v) is 17.1. The molecule has 26 heavy (non-hydrogen) atoms. The molecule has 0 unspecified atom stereocenters. The van der Waals surface area contributed by atoms with Gasteiger partial charge in [-0.15, -0.1) is 0 Å². The SMILES string of the molecule is Cc1nc2c(c(N3CCCC3)n1)CN(C(=O)C[C@@H](C)CC(C)(C)C)CC2. The Balaban J connectivity index is 1.73. The Morgan fingerprint density at radius 1 is 1.15 bits per heavy atom. The molecule has 1 aromatic heterocycles. The highest BCUT2D eigenvalue weighted by Gasteiger charge is 2.29. The molecule has 1 atom stereocenters. The molecule has 0 aromatic carbocycles. The van der Waals surface area contributed by atoms with Crippen molar-refractivity contribution in [1.29, 1.82) is 0 Å². The minimum Gasteiger partial charge on any atom is -0.356 e. The Morgan fingerprint density at radius 2 is 1.85 bits per heavy atom. The molecule has 1 amide bonds. The van der Waals surface area contributed by atoms with Crippen LogP contribution in [-0.2, 0) is 17.8 Å². The van der Waals surface area contributed by atoms with Gasteiger partial charge in [0.2, 0.25) is 5.91 Å². The van der Waals surface area contributed by atoms with E-state index in [0.29, 0.717) is 18.9 Å². The van der Waals surface area contributed by atoms with Crippen molar-refractivity contribution in [3.05, 3.63) is 17.1 Å². The maximum Gasteiger partial charge on any atom is 0.223 e. The van der Waals surface area contributed by atoms with Crippen LogP contribution in [0.5, 0.6) is 0 Å². The van der Waals surface area contributed by atoms with Crippen LogP contribution >= 0.6 is 0 Å². The first-order valence-electron chi connectivity index (χ1n) is 10.1. The highest BCUT2D eigenvalue weighted by atomic mass is 16.2. The van der Waals surface area contributed by atoms with E-state index in [1.165, 1.54) is 18.4 Å². The van der Waals surface area contributed by atoms with Gasteiger partial charge in [0.15, 0.2) is 0 Å². The van der Waals surface area contributed by atoms with Crippen LogP contribution < -0.4 is 4.90 Å². The molecule has 0 spiro atoms. The van der Waals surface area contributed by atoms with E-state index >= 15 is 0 Å². The zero-order valence-electron chi connectivity index (χ0n) is 17.1. The highest BCUT2D eigenvalue weighted by molar-refractivity contribution is 5.77. The number of nitrogens with zero attached hydrogens (tertiary/aromatic N) is 4. The zero-order chi connectivity index (χ0) is 18.9. The van der Waals surface area contributed by atoms with Crippen molar-refractivity contribution in [2.75, 3.05) is 24.5 Å². The van der Waals surface area contributed by atoms with Crippen molar-refractivity contribution in [1.82, 2.24) is 14.9 Å². The predicted octanol–water partition coefficient (Wildman–Crippen LogP) is 3.73. The highest BCUT2D eigenvalue weighted by Crippen LogP contribution is 2.30. The molecule has 144 valence electrons. The number of fused-ring (bicyclic) bond motifs is 1. The average molecular weight is 359 g/mol. The Bertz CT molecular complexity index is 659. The molecule has 1 fully saturated rings. The third kappa shape index (κ3) is 4.54. The first-order chi connectivity index (χ1) is 12.2. The van der Waals surface area contributed by atoms with E-state index in [0.717, 1.165) is 49.8 Å². The van der Waals surface area contributed by atoms with Gasteiger partial charge in [-0.3, -0.25) is 4.79 Å². The monoisotopic (exact) mass is 358 g/mol. The van der Waals surface area contributed by atoms with Gasteiger partial charge < -0.3 is 9.80 Å². The van der Waals surface area contributed by atoms with E-state index in [2.05, 4.69) is 37.6 Å². The van der Waals surface area contributed by atoms with Gasteiger partial charge >= 0.3 is 0 Å². The van der Waals surface area contributed by atoms with Gasteiger partial charge in [0.25, 0.3) is 0 Å². The van der Waals surface area contributed by atoms with Crippen LogP contribution in [0, 0.1) is 18.3 Å². The van der Waals surface area contributed by atoms with Crippen LogP contribution in [0.25, 0.3) is 0 Å². The van der Waals surface area contributed by atoms with E-state index in [-0.39, 0.29) is 11.3 Å². The van der Waals surface area contributed by atoms with Crippen LogP contribution in [0.1, 0.15) is 70.5 Å². The summed E-state index contributed by atoms with van der Waals surface area (Å²) in [5, 5.41) is 0. The van der Waals surface area contributed by atoms with Crippen LogP contribution in [0.4, 0.5) is 5.82 Å². The number of carbonyl (C=O) groups is 1. The second-order valence-corrected chi connectivity index (χ2v) is 9.35. The molecule has 2 aliphatic rings. The Morgan fingerprint density at radius 3 is 2.50 bits per heavy atom. The molecule has 5 nitrogen and oxygen atoms in total. The first kappa shape index (κ1) is 19.1. The maximum absolute atomic E-state index is 12.9. The summed E-state index contributed by atoms with van der Waals surface area (Å²) in [6, 6.07) is 0. The molecule has 0 bridgehead atoms. The van der Waals surface area contributed by atoms with Crippen LogP contribution in [-0.4, -0.2) is 40.4 Å². The molecular weight excluding hydrogens is 324 g/mol. The summed E-state index contributed by atoms with van der Waals surface area (Å²) in [5.74, 6) is 2.62. The third-order valence-electron chi connectivity index (χ3n) is 5.39. The number of rotatable bonds is 4. The fourth-order valence-electron chi connectivity index (χ4n) is 4.47. The fraction of sp³-hybridized carbons (Fsp3) is 0.762. The number of carbonyl (C=O) groups excluding carboxylic acids is 1. The topological polar surface area (TPSA) is 49.3 Å². The van der Waals surface area contributed by atoms with E-state index in [1.807, 2.05) is 11.8 Å². The van der Waals surface area contributed by atoms with Crippen LogP contribution in [0.3, 0.4) is 0 Å². The van der Waals surface area contributed by atoms with Gasteiger partial charge in [-0.2, -0.15) is 0 Å². The molecule has 3 heterocycles. The number of aryl methyl sites for hydroxylation is 1. The lowest BCUT2D eigenvalue weighted by Gasteiger charge is -2.32. The smallest absolute Gasteiger partial charge is 0.223 e. The number of hydrogen-bond donors (Lipinski definition) is 0. The molecule has 1 aromatic rings. The molecular formula is C21H34N4O. The molecule has 0 aliphatic carbocycles. The third-order valence-corrected chi connectivity index (χ3v) is 5.39. The largest absolute Gasteiger partial charge is 0.356 e. The lowest BCUT2D eigenvalue weighted by atomic mass is 9.84. The van der Waals surface area contributed by atoms with Gasteiger partial charge in [-0.05, 0) is 37.5 Å². The van der Waals surface area contributed by atoms with Gasteiger partial charge in [0.1, 0.15) is 11.6 Å². The molecule has 0 radical (unpaired) electrons. The normalized spacial score (nSPS) is 18.8. The summed E-state index contributed by atoms with van der Waals surface area (Å²) >= 11 is 0. The number of amides is 1. The minimum absolute atomic E-state index is 0.266. The van der Waals surface area contributed by atoms with Crippen molar-refractivity contribution in [2.45, 2.75) is 73.3 Å². The second-order valence-electron chi connectivity index (χ2n) is 9.35. The molecule has 2 aliphatic heterocycles. The second kappa shape index (κ2) is 7.53. The quantitative estimate of drug-likeness (QED) is 0.823. The van der Waals surface area contributed by atoms with Crippen molar-refractivity contribution >= 4 is 11.7 Å². The van der Waals surface area contributed by atoms with Gasteiger partial charge in [0, 0.05) is 38.0 Å². The van der Waals surface area contributed by atoms with Crippen molar-refractivity contribution < 1.29 is 4.79 Å². The standard InChI is InChI=1S/C21H34N4O/c1-15(13-21(3,4)5)12-19(26)25-11-8-18-17(14-25)20(23-16(2)22-18)24-9-6-7-10-24/h15H,6-14H2,1-5H3/t15-/m1/s1. The molecule has 5 heteroatoms. The summed E-state index contributed by atoms with van der Waals surface area (Å²) in [4.78, 5) is 26.7. The van der Waals surface area contributed by atoms with Gasteiger partial charge in [-0.1, -0.05) is 27.7 Å². The first-order valence-corrected chi connectivity index (χ1v) is 10.1.